The van der Waals surface area contributed by atoms with Crippen LogP contribution >= 0.6 is 31.9 Å². The van der Waals surface area contributed by atoms with Crippen molar-refractivity contribution in [2.75, 3.05) is 6.54 Å². The van der Waals surface area contributed by atoms with Crippen LogP contribution in [0.3, 0.4) is 0 Å². The van der Waals surface area contributed by atoms with Crippen molar-refractivity contribution in [3.63, 3.8) is 0 Å². The highest BCUT2D eigenvalue weighted by molar-refractivity contribution is 9.11. The lowest BCUT2D eigenvalue weighted by Crippen LogP contribution is -2.29. The minimum absolute atomic E-state index is 0.187. The summed E-state index contributed by atoms with van der Waals surface area (Å²) < 4.78 is 7.97. The Morgan fingerprint density at radius 1 is 1.38 bits per heavy atom. The SMILES string of the molecule is CCCNC1c2cc(Br)cc(Br)c2OC1C. The second kappa shape index (κ2) is 5.07. The Labute approximate surface area is 113 Å². The third-order valence-electron chi connectivity index (χ3n) is 2.76. The summed E-state index contributed by atoms with van der Waals surface area (Å²) in [5.41, 5.74) is 1.24. The van der Waals surface area contributed by atoms with Crippen molar-refractivity contribution >= 4 is 31.9 Å². The van der Waals surface area contributed by atoms with Gasteiger partial charge in [-0.05, 0) is 48.0 Å². The van der Waals surface area contributed by atoms with E-state index in [4.69, 9.17) is 4.74 Å². The molecule has 0 bridgehead atoms. The van der Waals surface area contributed by atoms with E-state index >= 15 is 0 Å². The van der Waals surface area contributed by atoms with Gasteiger partial charge in [0.15, 0.2) is 0 Å². The van der Waals surface area contributed by atoms with Crippen LogP contribution < -0.4 is 10.1 Å². The maximum Gasteiger partial charge on any atom is 0.138 e. The summed E-state index contributed by atoms with van der Waals surface area (Å²) in [7, 11) is 0. The Bertz CT molecular complexity index is 395. The molecular weight excluding hydrogens is 334 g/mol. The second-order valence-electron chi connectivity index (χ2n) is 4.06. The topological polar surface area (TPSA) is 21.3 Å². The first-order chi connectivity index (χ1) is 7.63. The molecule has 2 unspecified atom stereocenters. The van der Waals surface area contributed by atoms with Crippen molar-refractivity contribution < 1.29 is 4.74 Å². The smallest absolute Gasteiger partial charge is 0.138 e. The molecule has 1 aromatic carbocycles. The molecule has 16 heavy (non-hydrogen) atoms. The molecule has 0 spiro atoms. The summed E-state index contributed by atoms with van der Waals surface area (Å²) in [5.74, 6) is 0.976. The first kappa shape index (κ1) is 12.4. The van der Waals surface area contributed by atoms with Gasteiger partial charge in [-0.1, -0.05) is 22.9 Å². The highest BCUT2D eigenvalue weighted by Crippen LogP contribution is 2.43. The van der Waals surface area contributed by atoms with Gasteiger partial charge in [-0.25, -0.2) is 0 Å². The fraction of sp³-hybridized carbons (Fsp3) is 0.500. The van der Waals surface area contributed by atoms with E-state index in [9.17, 15) is 0 Å². The Balaban J connectivity index is 2.32. The van der Waals surface area contributed by atoms with Crippen LogP contribution in [0.25, 0.3) is 0 Å². The molecule has 0 fully saturated rings. The first-order valence-electron chi connectivity index (χ1n) is 5.52. The van der Waals surface area contributed by atoms with Gasteiger partial charge in [0.1, 0.15) is 11.9 Å². The van der Waals surface area contributed by atoms with Gasteiger partial charge in [0, 0.05) is 10.0 Å². The van der Waals surface area contributed by atoms with Crippen LogP contribution in [0.15, 0.2) is 21.1 Å². The zero-order chi connectivity index (χ0) is 11.7. The Kier molecular flexibility index (Phi) is 3.93. The second-order valence-corrected chi connectivity index (χ2v) is 5.83. The van der Waals surface area contributed by atoms with Gasteiger partial charge in [0.2, 0.25) is 0 Å². The fourth-order valence-corrected chi connectivity index (χ4v) is 3.37. The van der Waals surface area contributed by atoms with Crippen LogP contribution in [-0.4, -0.2) is 12.6 Å². The highest BCUT2D eigenvalue weighted by atomic mass is 79.9. The number of rotatable bonds is 3. The van der Waals surface area contributed by atoms with E-state index in [0.29, 0.717) is 6.04 Å². The van der Waals surface area contributed by atoms with E-state index in [1.54, 1.807) is 0 Å². The number of ether oxygens (including phenoxy) is 1. The average Bonchev–Trinajstić information content (AvgIpc) is 2.53. The largest absolute Gasteiger partial charge is 0.487 e. The Hall–Kier alpha value is -0.0600. The molecule has 0 aliphatic carbocycles. The molecule has 0 saturated carbocycles. The summed E-state index contributed by atoms with van der Waals surface area (Å²) in [4.78, 5) is 0. The molecule has 1 aromatic rings. The maximum absolute atomic E-state index is 5.87. The van der Waals surface area contributed by atoms with Crippen LogP contribution in [0.1, 0.15) is 31.9 Å². The average molecular weight is 349 g/mol. The molecular formula is C12H15Br2NO. The summed E-state index contributed by atoms with van der Waals surface area (Å²) in [6.07, 6.45) is 1.32. The molecule has 1 N–H and O–H groups in total. The Morgan fingerprint density at radius 2 is 2.12 bits per heavy atom. The van der Waals surface area contributed by atoms with Gasteiger partial charge >= 0.3 is 0 Å². The van der Waals surface area contributed by atoms with Gasteiger partial charge in [-0.15, -0.1) is 0 Å². The first-order valence-corrected chi connectivity index (χ1v) is 7.11. The van der Waals surface area contributed by atoms with Crippen LogP contribution in [0.2, 0.25) is 0 Å². The number of fused-ring (bicyclic) bond motifs is 1. The van der Waals surface area contributed by atoms with Crippen molar-refractivity contribution in [3.05, 3.63) is 26.6 Å². The molecule has 1 heterocycles. The molecule has 2 atom stereocenters. The summed E-state index contributed by atoms with van der Waals surface area (Å²) in [6.45, 7) is 5.29. The quantitative estimate of drug-likeness (QED) is 0.890. The highest BCUT2D eigenvalue weighted by Gasteiger charge is 2.32. The van der Waals surface area contributed by atoms with Gasteiger partial charge in [0.25, 0.3) is 0 Å². The molecule has 1 aliphatic heterocycles. The zero-order valence-electron chi connectivity index (χ0n) is 9.39. The standard InChI is InChI=1S/C12H15Br2NO/c1-3-4-15-11-7(2)16-12-9(11)5-8(13)6-10(12)14/h5-7,11,15H,3-4H2,1-2H3. The number of hydrogen-bond acceptors (Lipinski definition) is 2. The van der Waals surface area contributed by atoms with Gasteiger partial charge < -0.3 is 10.1 Å². The van der Waals surface area contributed by atoms with E-state index in [1.165, 1.54) is 5.56 Å². The van der Waals surface area contributed by atoms with Crippen molar-refractivity contribution in [3.8, 4) is 5.75 Å². The molecule has 0 saturated heterocycles. The van der Waals surface area contributed by atoms with Gasteiger partial charge in [-0.2, -0.15) is 0 Å². The molecule has 0 amide bonds. The van der Waals surface area contributed by atoms with Gasteiger partial charge in [-0.3, -0.25) is 0 Å². The minimum atomic E-state index is 0.187. The molecule has 88 valence electrons. The van der Waals surface area contributed by atoms with Crippen molar-refractivity contribution in [2.24, 2.45) is 0 Å². The molecule has 2 rings (SSSR count). The molecule has 4 heteroatoms. The molecule has 1 aliphatic rings. The fourth-order valence-electron chi connectivity index (χ4n) is 2.02. The van der Waals surface area contributed by atoms with Crippen LogP contribution in [0.4, 0.5) is 0 Å². The third kappa shape index (κ3) is 2.29. The van der Waals surface area contributed by atoms with Crippen LogP contribution in [-0.2, 0) is 0 Å². The maximum atomic E-state index is 5.87. The lowest BCUT2D eigenvalue weighted by atomic mass is 10.0. The van der Waals surface area contributed by atoms with Crippen LogP contribution in [0.5, 0.6) is 5.75 Å². The van der Waals surface area contributed by atoms with Gasteiger partial charge in [0.05, 0.1) is 10.5 Å². The van der Waals surface area contributed by atoms with Crippen molar-refractivity contribution in [1.82, 2.24) is 5.32 Å². The summed E-state index contributed by atoms with van der Waals surface area (Å²) in [6, 6.07) is 4.45. The van der Waals surface area contributed by atoms with Crippen molar-refractivity contribution in [1.29, 1.82) is 0 Å². The van der Waals surface area contributed by atoms with E-state index in [2.05, 4.69) is 57.1 Å². The van der Waals surface area contributed by atoms with Crippen molar-refractivity contribution in [2.45, 2.75) is 32.4 Å². The predicted molar refractivity (Wildman–Crippen MR) is 73.0 cm³/mol. The van der Waals surface area contributed by atoms with Crippen LogP contribution in [0, 0.1) is 0 Å². The van der Waals surface area contributed by atoms with E-state index in [1.807, 2.05) is 6.07 Å². The predicted octanol–water partition coefficient (Wildman–Crippen LogP) is 4.03. The summed E-state index contributed by atoms with van der Waals surface area (Å²) in [5, 5.41) is 3.52. The number of hydrogen-bond donors (Lipinski definition) is 1. The normalized spacial score (nSPS) is 23.0. The number of nitrogens with one attached hydrogen (secondary N) is 1. The lowest BCUT2D eigenvalue weighted by molar-refractivity contribution is 0.209. The number of halogens is 2. The van der Waals surface area contributed by atoms with E-state index in [-0.39, 0.29) is 6.10 Å². The third-order valence-corrected chi connectivity index (χ3v) is 3.81. The Morgan fingerprint density at radius 3 is 2.81 bits per heavy atom. The zero-order valence-corrected chi connectivity index (χ0v) is 12.6. The monoisotopic (exact) mass is 347 g/mol. The number of benzene rings is 1. The van der Waals surface area contributed by atoms with E-state index in [0.717, 1.165) is 27.7 Å². The molecule has 2 nitrogen and oxygen atoms in total. The molecule has 0 radical (unpaired) electrons. The minimum Gasteiger partial charge on any atom is -0.487 e. The summed E-state index contributed by atoms with van der Waals surface area (Å²) >= 11 is 7.06. The van der Waals surface area contributed by atoms with E-state index < -0.39 is 0 Å². The molecule has 0 aromatic heterocycles. The lowest BCUT2D eigenvalue weighted by Gasteiger charge is -2.16.